The van der Waals surface area contributed by atoms with Crippen molar-refractivity contribution >= 4 is 17.1 Å². The van der Waals surface area contributed by atoms with Gasteiger partial charge < -0.3 is 4.90 Å². The van der Waals surface area contributed by atoms with Crippen LogP contribution in [0.15, 0.2) is 188 Å². The summed E-state index contributed by atoms with van der Waals surface area (Å²) < 4.78 is 0. The summed E-state index contributed by atoms with van der Waals surface area (Å²) in [5, 5.41) is 0. The lowest BCUT2D eigenvalue weighted by Crippen LogP contribution is -2.36. The zero-order valence-electron chi connectivity index (χ0n) is 30.3. The Hall–Kier alpha value is -5.92. The second-order valence-corrected chi connectivity index (χ2v) is 15.4. The van der Waals surface area contributed by atoms with Gasteiger partial charge in [-0.2, -0.15) is 0 Å². The van der Waals surface area contributed by atoms with Crippen molar-refractivity contribution in [3.8, 4) is 44.5 Å². The molecule has 1 nitrogen and oxygen atoms in total. The summed E-state index contributed by atoms with van der Waals surface area (Å²) in [6, 6.07) is 64.8. The van der Waals surface area contributed by atoms with Gasteiger partial charge >= 0.3 is 0 Å². The molecule has 53 heavy (non-hydrogen) atoms. The zero-order chi connectivity index (χ0) is 35.4. The molecule has 3 aliphatic rings. The molecule has 1 saturated carbocycles. The Labute approximate surface area is 313 Å². The summed E-state index contributed by atoms with van der Waals surface area (Å²) >= 11 is 0. The van der Waals surface area contributed by atoms with E-state index in [1.165, 1.54) is 81.3 Å². The smallest absolute Gasteiger partial charge is 0.0462 e. The summed E-state index contributed by atoms with van der Waals surface area (Å²) in [7, 11) is 0. The number of anilines is 3. The predicted molar refractivity (Wildman–Crippen MR) is 223 cm³/mol. The zero-order valence-corrected chi connectivity index (χ0v) is 30.3. The van der Waals surface area contributed by atoms with E-state index in [0.29, 0.717) is 5.92 Å². The Morgan fingerprint density at radius 1 is 0.472 bits per heavy atom. The average molecular weight is 682 g/mol. The maximum absolute atomic E-state index is 2.64. The number of hydrogen-bond acceptors (Lipinski definition) is 1. The maximum atomic E-state index is 2.64. The van der Waals surface area contributed by atoms with E-state index in [9.17, 15) is 0 Å². The molecule has 2 bridgehead atoms. The first kappa shape index (κ1) is 31.8. The highest BCUT2D eigenvalue weighted by Gasteiger charge is 2.50. The largest absolute Gasteiger partial charge is 0.311 e. The molecule has 0 N–H and O–H groups in total. The maximum Gasteiger partial charge on any atom is 0.0462 e. The minimum absolute atomic E-state index is 0.00167. The van der Waals surface area contributed by atoms with Crippen molar-refractivity contribution < 1.29 is 0 Å². The molecular formula is C52H43N. The van der Waals surface area contributed by atoms with E-state index in [1.807, 2.05) is 0 Å². The molecule has 0 amide bonds. The van der Waals surface area contributed by atoms with Crippen LogP contribution in [0, 0.1) is 11.8 Å². The van der Waals surface area contributed by atoms with Crippen LogP contribution >= 0.6 is 0 Å². The fraction of sp³-hybridized carbons (Fsp3) is 0.154. The number of hydrogen-bond donors (Lipinski definition) is 0. The van der Waals surface area contributed by atoms with E-state index in [-0.39, 0.29) is 5.41 Å². The molecule has 10 rings (SSSR count). The molecule has 3 atom stereocenters. The normalized spacial score (nSPS) is 19.7. The van der Waals surface area contributed by atoms with Gasteiger partial charge in [-0.15, -0.1) is 0 Å². The summed E-state index contributed by atoms with van der Waals surface area (Å²) in [6.07, 6.45) is 7.74. The topological polar surface area (TPSA) is 3.24 Å². The highest BCUT2D eigenvalue weighted by Crippen LogP contribution is 2.62. The summed E-state index contributed by atoms with van der Waals surface area (Å²) in [4.78, 5) is 2.38. The van der Waals surface area contributed by atoms with E-state index < -0.39 is 0 Å². The monoisotopic (exact) mass is 681 g/mol. The van der Waals surface area contributed by atoms with Gasteiger partial charge in [0, 0.05) is 22.5 Å². The Balaban J connectivity index is 1.06. The van der Waals surface area contributed by atoms with Gasteiger partial charge in [0.2, 0.25) is 0 Å². The number of rotatable bonds is 6. The number of nitrogens with zero attached hydrogens (tertiary/aromatic N) is 1. The van der Waals surface area contributed by atoms with Crippen molar-refractivity contribution in [2.24, 2.45) is 11.8 Å². The first-order valence-corrected chi connectivity index (χ1v) is 19.3. The summed E-state index contributed by atoms with van der Waals surface area (Å²) in [5.74, 6) is 1.48. The molecule has 1 fully saturated rings. The third-order valence-corrected chi connectivity index (χ3v) is 12.3. The van der Waals surface area contributed by atoms with Gasteiger partial charge in [0.05, 0.1) is 0 Å². The van der Waals surface area contributed by atoms with Crippen LogP contribution in [-0.2, 0) is 5.41 Å². The lowest BCUT2D eigenvalue weighted by molar-refractivity contribution is 0.284. The van der Waals surface area contributed by atoms with Gasteiger partial charge in [0.25, 0.3) is 0 Å². The molecule has 0 radical (unpaired) electrons. The van der Waals surface area contributed by atoms with Crippen LogP contribution in [0.5, 0.6) is 0 Å². The van der Waals surface area contributed by atoms with Gasteiger partial charge in [-0.3, -0.25) is 0 Å². The SMILES string of the molecule is CC1C=C2CC(CCC23c2ccccc2-c2c(-c4ccc(N(c5ccc(-c6ccccc6)cc5)c5ccc(-c6ccccc6)cc5)cc4)cccc23)C1. The molecule has 7 aromatic rings. The van der Waals surface area contributed by atoms with Crippen molar-refractivity contribution in [3.05, 3.63) is 199 Å². The summed E-state index contributed by atoms with van der Waals surface area (Å²) in [5.41, 5.74) is 18.4. The second-order valence-electron chi connectivity index (χ2n) is 15.4. The van der Waals surface area contributed by atoms with E-state index >= 15 is 0 Å². The van der Waals surface area contributed by atoms with Crippen LogP contribution in [0.25, 0.3) is 44.5 Å². The van der Waals surface area contributed by atoms with Crippen molar-refractivity contribution in [2.75, 3.05) is 4.90 Å². The molecule has 0 aromatic heterocycles. The van der Waals surface area contributed by atoms with Gasteiger partial charge in [-0.1, -0.05) is 158 Å². The fourth-order valence-electron chi connectivity index (χ4n) is 9.89. The van der Waals surface area contributed by atoms with Crippen LogP contribution < -0.4 is 4.90 Å². The molecule has 1 heteroatoms. The van der Waals surface area contributed by atoms with Crippen molar-refractivity contribution in [2.45, 2.75) is 38.0 Å². The standard InChI is InChI=1S/C52H43N/c1-36-33-37-31-32-52(43(34-36)35-37)49-17-9-8-15-48(49)51-47(16-10-18-50(51)52)42-23-29-46(30-24-42)53(44-25-19-40(20-26-44)38-11-4-2-5-12-38)45-27-21-41(22-28-45)39-13-6-3-7-14-39/h2-30,34,36-37H,31-33,35H2,1H3. The first-order chi connectivity index (χ1) is 26.2. The molecule has 1 spiro atoms. The van der Waals surface area contributed by atoms with Crippen LogP contribution in [0.2, 0.25) is 0 Å². The second kappa shape index (κ2) is 12.9. The Bertz CT molecular complexity index is 2360. The highest BCUT2D eigenvalue weighted by molar-refractivity contribution is 5.94. The van der Waals surface area contributed by atoms with Gasteiger partial charge in [0.15, 0.2) is 0 Å². The Kier molecular flexibility index (Phi) is 7.76. The van der Waals surface area contributed by atoms with Crippen molar-refractivity contribution in [3.63, 3.8) is 0 Å². The lowest BCUT2D eigenvalue weighted by atomic mass is 9.58. The van der Waals surface area contributed by atoms with E-state index in [0.717, 1.165) is 23.0 Å². The quantitative estimate of drug-likeness (QED) is 0.158. The molecule has 7 aromatic carbocycles. The number of benzene rings is 7. The molecular weight excluding hydrogens is 639 g/mol. The fourth-order valence-corrected chi connectivity index (χ4v) is 9.89. The predicted octanol–water partition coefficient (Wildman–Crippen LogP) is 14.2. The Morgan fingerprint density at radius 2 is 0.962 bits per heavy atom. The minimum Gasteiger partial charge on any atom is -0.311 e. The molecule has 0 saturated heterocycles. The molecule has 3 aliphatic carbocycles. The van der Waals surface area contributed by atoms with Gasteiger partial charge in [-0.05, 0) is 130 Å². The van der Waals surface area contributed by atoms with E-state index in [2.05, 4.69) is 194 Å². The van der Waals surface area contributed by atoms with Gasteiger partial charge in [0.1, 0.15) is 0 Å². The third kappa shape index (κ3) is 5.37. The number of fused-ring (bicyclic) bond motifs is 8. The van der Waals surface area contributed by atoms with Crippen LogP contribution in [0.3, 0.4) is 0 Å². The lowest BCUT2D eigenvalue weighted by Gasteiger charge is -2.45. The van der Waals surface area contributed by atoms with Crippen molar-refractivity contribution in [1.82, 2.24) is 0 Å². The molecule has 0 heterocycles. The molecule has 3 unspecified atom stereocenters. The minimum atomic E-state index is 0.00167. The third-order valence-electron chi connectivity index (χ3n) is 12.3. The number of allylic oxidation sites excluding steroid dienone is 2. The first-order valence-electron chi connectivity index (χ1n) is 19.3. The van der Waals surface area contributed by atoms with E-state index in [1.54, 1.807) is 5.57 Å². The van der Waals surface area contributed by atoms with Gasteiger partial charge in [-0.25, -0.2) is 0 Å². The molecule has 256 valence electrons. The van der Waals surface area contributed by atoms with Crippen molar-refractivity contribution in [1.29, 1.82) is 0 Å². The summed E-state index contributed by atoms with van der Waals surface area (Å²) in [6.45, 7) is 2.42. The average Bonchev–Trinajstić information content (AvgIpc) is 3.51. The van der Waals surface area contributed by atoms with Crippen LogP contribution in [0.1, 0.15) is 43.7 Å². The van der Waals surface area contributed by atoms with Crippen LogP contribution in [-0.4, -0.2) is 0 Å². The Morgan fingerprint density at radius 3 is 1.57 bits per heavy atom. The highest BCUT2D eigenvalue weighted by atomic mass is 15.1. The van der Waals surface area contributed by atoms with Crippen LogP contribution in [0.4, 0.5) is 17.1 Å². The van der Waals surface area contributed by atoms with E-state index in [4.69, 9.17) is 0 Å². The molecule has 0 aliphatic heterocycles.